The molecule has 0 saturated carbocycles. The zero-order valence-corrected chi connectivity index (χ0v) is 8.44. The van der Waals surface area contributed by atoms with Gasteiger partial charge in [-0.2, -0.15) is 0 Å². The Morgan fingerprint density at radius 3 is 3.14 bits per heavy atom. The number of aryl methyl sites for hydroxylation is 1. The van der Waals surface area contributed by atoms with E-state index in [2.05, 4.69) is 14.8 Å². The second kappa shape index (κ2) is 4.06. The fraction of sp³-hybridized carbons (Fsp3) is 0.778. The van der Waals surface area contributed by atoms with Crippen molar-refractivity contribution in [1.29, 1.82) is 0 Å². The van der Waals surface area contributed by atoms with E-state index >= 15 is 0 Å². The van der Waals surface area contributed by atoms with Crippen LogP contribution >= 0.6 is 0 Å². The largest absolute Gasteiger partial charge is 0.383 e. The number of nitrogens with zero attached hydrogens (tertiary/aromatic N) is 3. The van der Waals surface area contributed by atoms with Crippen LogP contribution in [0.15, 0.2) is 0 Å². The lowest BCUT2D eigenvalue weighted by atomic mass is 10.1. The normalized spacial score (nSPS) is 17.9. The van der Waals surface area contributed by atoms with Gasteiger partial charge in [0, 0.05) is 20.1 Å². The molecule has 78 valence electrons. The Morgan fingerprint density at radius 1 is 1.50 bits per heavy atom. The van der Waals surface area contributed by atoms with Crippen LogP contribution in [0.5, 0.6) is 0 Å². The van der Waals surface area contributed by atoms with Crippen LogP contribution in [-0.2, 0) is 17.7 Å². The zero-order valence-electron chi connectivity index (χ0n) is 8.44. The van der Waals surface area contributed by atoms with E-state index in [1.807, 2.05) is 0 Å². The molecule has 1 aromatic rings. The number of methoxy groups -OCH3 is 1. The van der Waals surface area contributed by atoms with Crippen molar-refractivity contribution in [2.24, 2.45) is 5.73 Å². The summed E-state index contributed by atoms with van der Waals surface area (Å²) in [7, 11) is 1.65. The zero-order chi connectivity index (χ0) is 9.97. The van der Waals surface area contributed by atoms with Crippen LogP contribution in [-0.4, -0.2) is 28.5 Å². The molecule has 14 heavy (non-hydrogen) atoms. The molecule has 2 N–H and O–H groups in total. The molecule has 0 amide bonds. The highest BCUT2D eigenvalue weighted by Gasteiger charge is 2.19. The number of rotatable bonds is 3. The van der Waals surface area contributed by atoms with Crippen molar-refractivity contribution < 1.29 is 4.74 Å². The third-order valence-electron chi connectivity index (χ3n) is 2.57. The Balaban J connectivity index is 2.21. The molecule has 0 bridgehead atoms. The third-order valence-corrected chi connectivity index (χ3v) is 2.57. The van der Waals surface area contributed by atoms with Crippen molar-refractivity contribution in [3.05, 3.63) is 11.6 Å². The molecule has 2 heterocycles. The van der Waals surface area contributed by atoms with Gasteiger partial charge < -0.3 is 15.0 Å². The van der Waals surface area contributed by atoms with Gasteiger partial charge in [0.15, 0.2) is 5.82 Å². The van der Waals surface area contributed by atoms with Crippen molar-refractivity contribution in [2.45, 2.75) is 31.8 Å². The van der Waals surface area contributed by atoms with E-state index in [9.17, 15) is 0 Å². The van der Waals surface area contributed by atoms with Crippen LogP contribution in [0.4, 0.5) is 0 Å². The molecule has 0 spiro atoms. The van der Waals surface area contributed by atoms with Crippen molar-refractivity contribution in [1.82, 2.24) is 14.8 Å². The molecule has 1 unspecified atom stereocenters. The molecular weight excluding hydrogens is 180 g/mol. The number of nitrogens with two attached hydrogens (primary N) is 1. The summed E-state index contributed by atoms with van der Waals surface area (Å²) in [5.74, 6) is 1.93. The van der Waals surface area contributed by atoms with Crippen LogP contribution < -0.4 is 5.73 Å². The number of hydrogen-bond donors (Lipinski definition) is 1. The van der Waals surface area contributed by atoms with Gasteiger partial charge >= 0.3 is 0 Å². The smallest absolute Gasteiger partial charge is 0.152 e. The molecule has 5 heteroatoms. The summed E-state index contributed by atoms with van der Waals surface area (Å²) in [6, 6.07) is -0.153. The maximum Gasteiger partial charge on any atom is 0.152 e. The Morgan fingerprint density at radius 2 is 2.36 bits per heavy atom. The third kappa shape index (κ3) is 1.65. The van der Waals surface area contributed by atoms with E-state index in [-0.39, 0.29) is 6.04 Å². The number of hydrogen-bond acceptors (Lipinski definition) is 4. The summed E-state index contributed by atoms with van der Waals surface area (Å²) in [5, 5.41) is 8.26. The summed E-state index contributed by atoms with van der Waals surface area (Å²) in [4.78, 5) is 0. The molecule has 0 aromatic carbocycles. The topological polar surface area (TPSA) is 66.0 Å². The maximum absolute atomic E-state index is 5.93. The summed E-state index contributed by atoms with van der Waals surface area (Å²) >= 11 is 0. The molecule has 1 aliphatic rings. The Labute approximate surface area is 83.3 Å². The minimum Gasteiger partial charge on any atom is -0.383 e. The fourth-order valence-corrected chi connectivity index (χ4v) is 1.86. The predicted molar refractivity (Wildman–Crippen MR) is 51.8 cm³/mol. The van der Waals surface area contributed by atoms with Gasteiger partial charge in [0.1, 0.15) is 5.82 Å². The fourth-order valence-electron chi connectivity index (χ4n) is 1.86. The van der Waals surface area contributed by atoms with Crippen LogP contribution in [0.25, 0.3) is 0 Å². The molecule has 5 nitrogen and oxygen atoms in total. The van der Waals surface area contributed by atoms with Gasteiger partial charge in [-0.1, -0.05) is 0 Å². The molecule has 0 aliphatic carbocycles. The van der Waals surface area contributed by atoms with E-state index in [1.54, 1.807) is 7.11 Å². The molecule has 1 atom stereocenters. The first-order valence-electron chi connectivity index (χ1n) is 4.99. The molecule has 1 aromatic heterocycles. The van der Waals surface area contributed by atoms with E-state index < -0.39 is 0 Å². The summed E-state index contributed by atoms with van der Waals surface area (Å²) < 4.78 is 7.14. The highest BCUT2D eigenvalue weighted by atomic mass is 16.5. The highest BCUT2D eigenvalue weighted by Crippen LogP contribution is 2.17. The molecule has 1 aliphatic heterocycles. The van der Waals surface area contributed by atoms with Gasteiger partial charge in [0.25, 0.3) is 0 Å². The van der Waals surface area contributed by atoms with Crippen LogP contribution in [0.1, 0.15) is 30.5 Å². The predicted octanol–water partition coefficient (Wildman–Crippen LogP) is 0.261. The first-order chi connectivity index (χ1) is 6.83. The number of fused-ring (bicyclic) bond motifs is 1. The lowest BCUT2D eigenvalue weighted by Crippen LogP contribution is -2.23. The van der Waals surface area contributed by atoms with Crippen molar-refractivity contribution >= 4 is 0 Å². The molecule has 0 saturated heterocycles. The Bertz CT molecular complexity index is 310. The molecule has 0 radical (unpaired) electrons. The second-order valence-corrected chi connectivity index (χ2v) is 3.65. The van der Waals surface area contributed by atoms with E-state index in [1.165, 1.54) is 12.8 Å². The average Bonchev–Trinajstić information content (AvgIpc) is 2.61. The molecule has 2 rings (SSSR count). The first-order valence-corrected chi connectivity index (χ1v) is 4.99. The SMILES string of the molecule is COCC(N)c1nnc2n1CCCC2. The molecule has 0 fully saturated rings. The van der Waals surface area contributed by atoms with Gasteiger partial charge in [-0.3, -0.25) is 0 Å². The minimum absolute atomic E-state index is 0.153. The number of ether oxygens (including phenoxy) is 1. The lowest BCUT2D eigenvalue weighted by molar-refractivity contribution is 0.176. The monoisotopic (exact) mass is 196 g/mol. The summed E-state index contributed by atoms with van der Waals surface area (Å²) in [5.41, 5.74) is 5.93. The van der Waals surface area contributed by atoms with Crippen LogP contribution in [0, 0.1) is 0 Å². The second-order valence-electron chi connectivity index (χ2n) is 3.65. The van der Waals surface area contributed by atoms with Crippen molar-refractivity contribution in [2.75, 3.05) is 13.7 Å². The first kappa shape index (κ1) is 9.61. The van der Waals surface area contributed by atoms with E-state index in [4.69, 9.17) is 10.5 Å². The standard InChI is InChI=1S/C9H16N4O/c1-14-6-7(10)9-12-11-8-4-2-3-5-13(8)9/h7H,2-6,10H2,1H3. The average molecular weight is 196 g/mol. The summed E-state index contributed by atoms with van der Waals surface area (Å²) in [6.07, 6.45) is 3.42. The minimum atomic E-state index is -0.153. The lowest BCUT2D eigenvalue weighted by Gasteiger charge is -2.17. The van der Waals surface area contributed by atoms with Gasteiger partial charge in [0.05, 0.1) is 12.6 Å². The van der Waals surface area contributed by atoms with Crippen molar-refractivity contribution in [3.8, 4) is 0 Å². The molecular formula is C9H16N4O. The Kier molecular flexibility index (Phi) is 2.79. The highest BCUT2D eigenvalue weighted by molar-refractivity contribution is 5.02. The van der Waals surface area contributed by atoms with Gasteiger partial charge in [-0.15, -0.1) is 10.2 Å². The van der Waals surface area contributed by atoms with Crippen molar-refractivity contribution in [3.63, 3.8) is 0 Å². The quantitative estimate of drug-likeness (QED) is 0.753. The summed E-state index contributed by atoms with van der Waals surface area (Å²) in [6.45, 7) is 1.49. The van der Waals surface area contributed by atoms with Gasteiger partial charge in [-0.05, 0) is 12.8 Å². The van der Waals surface area contributed by atoms with Gasteiger partial charge in [-0.25, -0.2) is 0 Å². The van der Waals surface area contributed by atoms with Gasteiger partial charge in [0.2, 0.25) is 0 Å². The van der Waals surface area contributed by atoms with E-state index in [0.29, 0.717) is 6.61 Å². The van der Waals surface area contributed by atoms with E-state index in [0.717, 1.165) is 24.6 Å². The Hall–Kier alpha value is -0.940. The van der Waals surface area contributed by atoms with Crippen LogP contribution in [0.2, 0.25) is 0 Å². The number of aromatic nitrogens is 3. The maximum atomic E-state index is 5.93. The van der Waals surface area contributed by atoms with Crippen LogP contribution in [0.3, 0.4) is 0 Å².